The first-order valence-corrected chi connectivity index (χ1v) is 8.95. The number of nitrogens with zero attached hydrogens (tertiary/aromatic N) is 1. The van der Waals surface area contributed by atoms with E-state index in [0.717, 1.165) is 62.9 Å². The van der Waals surface area contributed by atoms with Gasteiger partial charge in [0.25, 0.3) is 5.91 Å². The Labute approximate surface area is 139 Å². The van der Waals surface area contributed by atoms with Crippen LogP contribution in [-0.4, -0.2) is 43.6 Å². The fourth-order valence-electron chi connectivity index (χ4n) is 3.37. The van der Waals surface area contributed by atoms with Crippen LogP contribution in [0.5, 0.6) is 5.75 Å². The molecule has 0 spiro atoms. The molecule has 0 aliphatic carbocycles. The van der Waals surface area contributed by atoms with E-state index in [9.17, 15) is 4.79 Å². The van der Waals surface area contributed by atoms with Gasteiger partial charge in [-0.05, 0) is 62.4 Å². The summed E-state index contributed by atoms with van der Waals surface area (Å²) >= 11 is 0. The van der Waals surface area contributed by atoms with Gasteiger partial charge in [-0.25, -0.2) is 0 Å². The van der Waals surface area contributed by atoms with Gasteiger partial charge in [-0.1, -0.05) is 6.92 Å². The van der Waals surface area contributed by atoms with Gasteiger partial charge in [-0.15, -0.1) is 0 Å². The van der Waals surface area contributed by atoms with E-state index in [0.29, 0.717) is 5.92 Å². The lowest BCUT2D eigenvalue weighted by molar-refractivity contribution is 0.0697. The van der Waals surface area contributed by atoms with Gasteiger partial charge in [0.05, 0.1) is 6.61 Å². The maximum atomic E-state index is 12.5. The van der Waals surface area contributed by atoms with Crippen molar-refractivity contribution in [2.75, 3.05) is 32.8 Å². The third-order valence-electron chi connectivity index (χ3n) is 5.06. The first-order valence-electron chi connectivity index (χ1n) is 8.95. The van der Waals surface area contributed by atoms with Crippen molar-refractivity contribution in [2.45, 2.75) is 32.6 Å². The summed E-state index contributed by atoms with van der Waals surface area (Å²) in [6.45, 7) is 6.95. The summed E-state index contributed by atoms with van der Waals surface area (Å²) in [5, 5.41) is 3.40. The summed E-state index contributed by atoms with van der Waals surface area (Å²) in [7, 11) is 0. The maximum absolute atomic E-state index is 12.5. The molecule has 0 radical (unpaired) electrons. The number of ether oxygens (including phenoxy) is 1. The van der Waals surface area contributed by atoms with E-state index in [-0.39, 0.29) is 5.91 Å². The van der Waals surface area contributed by atoms with Crippen molar-refractivity contribution in [2.24, 2.45) is 11.8 Å². The zero-order chi connectivity index (χ0) is 16.1. The molecule has 0 unspecified atom stereocenters. The molecule has 126 valence electrons. The van der Waals surface area contributed by atoms with E-state index in [1.54, 1.807) is 0 Å². The Morgan fingerprint density at radius 2 is 1.96 bits per heavy atom. The predicted octanol–water partition coefficient (Wildman–Crippen LogP) is 2.94. The number of rotatable bonds is 4. The Balaban J connectivity index is 1.51. The fourth-order valence-corrected chi connectivity index (χ4v) is 3.37. The molecule has 1 atom stereocenters. The zero-order valence-corrected chi connectivity index (χ0v) is 14.1. The molecule has 1 aromatic carbocycles. The average molecular weight is 316 g/mol. The lowest BCUT2D eigenvalue weighted by atomic mass is 9.98. The molecule has 1 amide bonds. The molecule has 2 aliphatic rings. The van der Waals surface area contributed by atoms with Gasteiger partial charge < -0.3 is 15.0 Å². The van der Waals surface area contributed by atoms with Gasteiger partial charge in [0.15, 0.2) is 0 Å². The monoisotopic (exact) mass is 316 g/mol. The van der Waals surface area contributed by atoms with E-state index in [1.807, 2.05) is 29.2 Å². The number of carbonyl (C=O) groups is 1. The zero-order valence-electron chi connectivity index (χ0n) is 14.1. The Bertz CT molecular complexity index is 501. The molecule has 23 heavy (non-hydrogen) atoms. The Morgan fingerprint density at radius 3 is 2.61 bits per heavy atom. The highest BCUT2D eigenvalue weighted by Gasteiger charge is 2.21. The Kier molecular flexibility index (Phi) is 5.55. The lowest BCUT2D eigenvalue weighted by Crippen LogP contribution is -2.37. The SMILES string of the molecule is CC1CCN(C(=O)c2ccc(OC[C@H]3CCCNC3)cc2)CC1. The molecule has 0 saturated carbocycles. The number of amides is 1. The topological polar surface area (TPSA) is 41.6 Å². The smallest absolute Gasteiger partial charge is 0.253 e. The number of likely N-dealkylation sites (tertiary alicyclic amines) is 1. The minimum atomic E-state index is 0.153. The van der Waals surface area contributed by atoms with E-state index < -0.39 is 0 Å². The van der Waals surface area contributed by atoms with Crippen molar-refractivity contribution in [3.05, 3.63) is 29.8 Å². The molecule has 1 aromatic rings. The van der Waals surface area contributed by atoms with Crippen LogP contribution < -0.4 is 10.1 Å². The molecule has 3 rings (SSSR count). The van der Waals surface area contributed by atoms with Crippen molar-refractivity contribution < 1.29 is 9.53 Å². The molecule has 2 saturated heterocycles. The Hall–Kier alpha value is -1.55. The second-order valence-electron chi connectivity index (χ2n) is 7.02. The van der Waals surface area contributed by atoms with Crippen molar-refractivity contribution in [3.8, 4) is 5.75 Å². The van der Waals surface area contributed by atoms with Gasteiger partial charge in [0, 0.05) is 31.1 Å². The summed E-state index contributed by atoms with van der Waals surface area (Å²) < 4.78 is 5.87. The fraction of sp³-hybridized carbons (Fsp3) is 0.632. The van der Waals surface area contributed by atoms with Crippen LogP contribution in [0.25, 0.3) is 0 Å². The molecular weight excluding hydrogens is 288 g/mol. The van der Waals surface area contributed by atoms with Crippen molar-refractivity contribution in [1.82, 2.24) is 10.2 Å². The van der Waals surface area contributed by atoms with Crippen LogP contribution >= 0.6 is 0 Å². The van der Waals surface area contributed by atoms with Crippen LogP contribution in [0, 0.1) is 11.8 Å². The first kappa shape index (κ1) is 16.3. The Morgan fingerprint density at radius 1 is 1.22 bits per heavy atom. The average Bonchev–Trinajstić information content (AvgIpc) is 2.61. The quantitative estimate of drug-likeness (QED) is 0.928. The highest BCUT2D eigenvalue weighted by molar-refractivity contribution is 5.94. The van der Waals surface area contributed by atoms with Gasteiger partial charge in [-0.3, -0.25) is 4.79 Å². The number of benzene rings is 1. The largest absolute Gasteiger partial charge is 0.493 e. The van der Waals surface area contributed by atoms with E-state index in [1.165, 1.54) is 12.8 Å². The van der Waals surface area contributed by atoms with Crippen LogP contribution in [-0.2, 0) is 0 Å². The van der Waals surface area contributed by atoms with Crippen molar-refractivity contribution >= 4 is 5.91 Å². The van der Waals surface area contributed by atoms with Gasteiger partial charge >= 0.3 is 0 Å². The summed E-state index contributed by atoms with van der Waals surface area (Å²) in [6.07, 6.45) is 4.69. The van der Waals surface area contributed by atoms with Crippen LogP contribution in [0.15, 0.2) is 24.3 Å². The molecule has 4 nitrogen and oxygen atoms in total. The van der Waals surface area contributed by atoms with Gasteiger partial charge in [0.2, 0.25) is 0 Å². The van der Waals surface area contributed by atoms with Gasteiger partial charge in [0.1, 0.15) is 5.75 Å². The molecule has 0 aromatic heterocycles. The molecule has 2 aliphatic heterocycles. The minimum absolute atomic E-state index is 0.153. The number of piperidine rings is 2. The summed E-state index contributed by atoms with van der Waals surface area (Å²) in [5.41, 5.74) is 0.770. The standard InChI is InChI=1S/C19H28N2O2/c1-15-8-11-21(12-9-15)19(22)17-4-6-18(7-5-17)23-14-16-3-2-10-20-13-16/h4-7,15-16,20H,2-3,8-14H2,1H3/t16-/m0/s1. The van der Waals surface area contributed by atoms with Crippen LogP contribution in [0.3, 0.4) is 0 Å². The maximum Gasteiger partial charge on any atom is 0.253 e. The van der Waals surface area contributed by atoms with Crippen LogP contribution in [0.2, 0.25) is 0 Å². The second kappa shape index (κ2) is 7.82. The number of nitrogens with one attached hydrogen (secondary N) is 1. The van der Waals surface area contributed by atoms with Crippen LogP contribution in [0.4, 0.5) is 0 Å². The van der Waals surface area contributed by atoms with E-state index in [4.69, 9.17) is 4.74 Å². The third kappa shape index (κ3) is 4.47. The molecule has 2 heterocycles. The predicted molar refractivity (Wildman–Crippen MR) is 91.8 cm³/mol. The lowest BCUT2D eigenvalue weighted by Gasteiger charge is -2.30. The van der Waals surface area contributed by atoms with E-state index in [2.05, 4.69) is 12.2 Å². The van der Waals surface area contributed by atoms with Crippen molar-refractivity contribution in [3.63, 3.8) is 0 Å². The number of carbonyl (C=O) groups excluding carboxylic acids is 1. The molecular formula is C19H28N2O2. The normalized spacial score (nSPS) is 22.8. The highest BCUT2D eigenvalue weighted by Crippen LogP contribution is 2.20. The molecule has 2 fully saturated rings. The van der Waals surface area contributed by atoms with Crippen LogP contribution in [0.1, 0.15) is 43.0 Å². The molecule has 1 N–H and O–H groups in total. The summed E-state index contributed by atoms with van der Waals surface area (Å²) in [4.78, 5) is 14.5. The first-order chi connectivity index (χ1) is 11.2. The van der Waals surface area contributed by atoms with E-state index >= 15 is 0 Å². The van der Waals surface area contributed by atoms with Crippen molar-refractivity contribution in [1.29, 1.82) is 0 Å². The number of hydrogen-bond acceptors (Lipinski definition) is 3. The number of hydrogen-bond donors (Lipinski definition) is 1. The van der Waals surface area contributed by atoms with Gasteiger partial charge in [-0.2, -0.15) is 0 Å². The minimum Gasteiger partial charge on any atom is -0.493 e. The second-order valence-corrected chi connectivity index (χ2v) is 7.02. The third-order valence-corrected chi connectivity index (χ3v) is 5.06. The molecule has 0 bridgehead atoms. The summed E-state index contributed by atoms with van der Waals surface area (Å²) in [6, 6.07) is 7.65. The highest BCUT2D eigenvalue weighted by atomic mass is 16.5. The summed E-state index contributed by atoms with van der Waals surface area (Å²) in [5.74, 6) is 2.35. The molecule has 4 heteroatoms.